The van der Waals surface area contributed by atoms with Gasteiger partial charge in [-0.15, -0.1) is 0 Å². The third-order valence-electron chi connectivity index (χ3n) is 3.71. The summed E-state index contributed by atoms with van der Waals surface area (Å²) in [6.07, 6.45) is 0.884. The largest absolute Gasteiger partial charge is 0.340 e. The zero-order valence-corrected chi connectivity index (χ0v) is 14.3. The molecule has 116 valence electrons. The monoisotopic (exact) mass is 282 g/mol. The third kappa shape index (κ3) is 3.74. The summed E-state index contributed by atoms with van der Waals surface area (Å²) in [5.74, 6) is -0.0303. The molecule has 1 unspecified atom stereocenters. The maximum atomic E-state index is 12.7. The Kier molecular flexibility index (Phi) is 4.29. The molecule has 0 radical (unpaired) electrons. The van der Waals surface area contributed by atoms with E-state index in [4.69, 9.17) is 0 Å². The minimum Gasteiger partial charge on any atom is -0.340 e. The highest BCUT2D eigenvalue weighted by Gasteiger charge is 2.49. The quantitative estimate of drug-likeness (QED) is 0.846. The van der Waals surface area contributed by atoms with E-state index in [1.54, 1.807) is 18.7 Å². The normalized spacial score (nSPS) is 23.8. The first kappa shape index (κ1) is 17.0. The minimum atomic E-state index is -0.809. The maximum absolute atomic E-state index is 12.7. The second kappa shape index (κ2) is 5.05. The second-order valence-electron chi connectivity index (χ2n) is 8.69. The fraction of sp³-hybridized carbons (Fsp3) is 0.875. The topological polar surface area (TPSA) is 49.4 Å². The predicted molar refractivity (Wildman–Crippen MR) is 81.2 cm³/mol. The van der Waals surface area contributed by atoms with Crippen LogP contribution in [0.3, 0.4) is 0 Å². The first-order valence-corrected chi connectivity index (χ1v) is 7.39. The van der Waals surface area contributed by atoms with Gasteiger partial charge in [-0.05, 0) is 31.1 Å². The van der Waals surface area contributed by atoms with E-state index in [0.29, 0.717) is 6.54 Å². The van der Waals surface area contributed by atoms with Crippen molar-refractivity contribution in [2.75, 3.05) is 6.54 Å². The number of carbonyl (C=O) groups excluding carboxylic acids is 2. The van der Waals surface area contributed by atoms with E-state index in [1.807, 2.05) is 20.8 Å². The first-order chi connectivity index (χ1) is 8.76. The molecule has 0 aromatic rings. The van der Waals surface area contributed by atoms with Crippen LogP contribution in [-0.4, -0.2) is 34.8 Å². The summed E-state index contributed by atoms with van der Waals surface area (Å²) < 4.78 is 0. The van der Waals surface area contributed by atoms with Crippen molar-refractivity contribution in [2.45, 2.75) is 73.4 Å². The standard InChI is InChI=1S/C16H30N2O2/c1-14(2,3)9-10-18-11(15(4,5)6)12(19)17-16(7,8)13(18)20/h11H,9-10H2,1-8H3,(H,17,19). The summed E-state index contributed by atoms with van der Waals surface area (Å²) in [7, 11) is 0. The van der Waals surface area contributed by atoms with Crippen molar-refractivity contribution in [3.63, 3.8) is 0 Å². The lowest BCUT2D eigenvalue weighted by molar-refractivity contribution is -0.158. The Morgan fingerprint density at radius 1 is 1.10 bits per heavy atom. The molecule has 1 heterocycles. The van der Waals surface area contributed by atoms with Crippen LogP contribution in [-0.2, 0) is 9.59 Å². The molecule has 4 nitrogen and oxygen atoms in total. The Balaban J connectivity index is 3.08. The molecule has 0 aliphatic carbocycles. The molecule has 1 aliphatic rings. The molecule has 1 fully saturated rings. The number of nitrogens with zero attached hydrogens (tertiary/aromatic N) is 1. The van der Waals surface area contributed by atoms with E-state index in [9.17, 15) is 9.59 Å². The van der Waals surface area contributed by atoms with Crippen LogP contribution in [0.2, 0.25) is 0 Å². The van der Waals surface area contributed by atoms with Crippen molar-refractivity contribution < 1.29 is 9.59 Å². The van der Waals surface area contributed by atoms with Gasteiger partial charge in [0.25, 0.3) is 0 Å². The van der Waals surface area contributed by atoms with Crippen molar-refractivity contribution >= 4 is 11.8 Å². The zero-order valence-electron chi connectivity index (χ0n) is 14.3. The summed E-state index contributed by atoms with van der Waals surface area (Å²) in [5, 5.41) is 2.86. The highest BCUT2D eigenvalue weighted by atomic mass is 16.2. The third-order valence-corrected chi connectivity index (χ3v) is 3.71. The van der Waals surface area contributed by atoms with Gasteiger partial charge in [0.2, 0.25) is 11.8 Å². The van der Waals surface area contributed by atoms with Gasteiger partial charge in [-0.2, -0.15) is 0 Å². The summed E-state index contributed by atoms with van der Waals surface area (Å²) in [5.41, 5.74) is -0.939. The molecule has 2 amide bonds. The fourth-order valence-electron chi connectivity index (χ4n) is 2.59. The molecule has 1 saturated heterocycles. The van der Waals surface area contributed by atoms with E-state index in [2.05, 4.69) is 26.1 Å². The number of hydrogen-bond acceptors (Lipinski definition) is 2. The lowest BCUT2D eigenvalue weighted by Crippen LogP contribution is -2.70. The van der Waals surface area contributed by atoms with Gasteiger partial charge in [0.05, 0.1) is 0 Å². The average molecular weight is 282 g/mol. The van der Waals surface area contributed by atoms with Gasteiger partial charge in [-0.25, -0.2) is 0 Å². The molecular formula is C16H30N2O2. The van der Waals surface area contributed by atoms with Crippen molar-refractivity contribution in [1.82, 2.24) is 10.2 Å². The molecule has 4 heteroatoms. The van der Waals surface area contributed by atoms with Gasteiger partial charge in [0, 0.05) is 6.54 Å². The minimum absolute atomic E-state index is 0.0151. The van der Waals surface area contributed by atoms with Crippen LogP contribution in [0.5, 0.6) is 0 Å². The number of rotatable bonds is 2. The summed E-state index contributed by atoms with van der Waals surface area (Å²) in [6, 6.07) is -0.398. The number of nitrogens with one attached hydrogen (secondary N) is 1. The second-order valence-corrected chi connectivity index (χ2v) is 8.69. The van der Waals surface area contributed by atoms with Gasteiger partial charge in [-0.3, -0.25) is 9.59 Å². The zero-order chi connectivity index (χ0) is 15.9. The van der Waals surface area contributed by atoms with Crippen LogP contribution >= 0.6 is 0 Å². The van der Waals surface area contributed by atoms with Crippen molar-refractivity contribution in [1.29, 1.82) is 0 Å². The molecule has 0 spiro atoms. The maximum Gasteiger partial charge on any atom is 0.248 e. The van der Waals surface area contributed by atoms with Crippen molar-refractivity contribution in [3.05, 3.63) is 0 Å². The molecule has 0 aromatic heterocycles. The fourth-order valence-corrected chi connectivity index (χ4v) is 2.59. The molecule has 1 rings (SSSR count). The van der Waals surface area contributed by atoms with Gasteiger partial charge in [0.15, 0.2) is 0 Å². The van der Waals surface area contributed by atoms with E-state index in [0.717, 1.165) is 6.42 Å². The van der Waals surface area contributed by atoms with E-state index in [-0.39, 0.29) is 22.6 Å². The van der Waals surface area contributed by atoms with E-state index < -0.39 is 11.6 Å². The smallest absolute Gasteiger partial charge is 0.248 e. The van der Waals surface area contributed by atoms with Gasteiger partial charge >= 0.3 is 0 Å². The SMILES string of the molecule is CC(C)(C)CCN1C(=O)C(C)(C)NC(=O)C1C(C)(C)C. The Labute approximate surface area is 123 Å². The van der Waals surface area contributed by atoms with Crippen LogP contribution in [0.4, 0.5) is 0 Å². The van der Waals surface area contributed by atoms with E-state index in [1.165, 1.54) is 0 Å². The van der Waals surface area contributed by atoms with E-state index >= 15 is 0 Å². The Bertz CT molecular complexity index is 400. The number of carbonyl (C=O) groups is 2. The summed E-state index contributed by atoms with van der Waals surface area (Å²) in [4.78, 5) is 26.9. The first-order valence-electron chi connectivity index (χ1n) is 7.39. The van der Waals surface area contributed by atoms with Crippen LogP contribution < -0.4 is 5.32 Å². The van der Waals surface area contributed by atoms with Gasteiger partial charge in [-0.1, -0.05) is 41.5 Å². The van der Waals surface area contributed by atoms with Gasteiger partial charge < -0.3 is 10.2 Å². The van der Waals surface area contributed by atoms with Crippen molar-refractivity contribution in [3.8, 4) is 0 Å². The number of hydrogen-bond donors (Lipinski definition) is 1. The molecule has 1 atom stereocenters. The number of piperazine rings is 1. The molecule has 1 aliphatic heterocycles. The number of amides is 2. The van der Waals surface area contributed by atoms with Crippen LogP contribution in [0.15, 0.2) is 0 Å². The van der Waals surface area contributed by atoms with Crippen LogP contribution in [0, 0.1) is 10.8 Å². The Morgan fingerprint density at radius 2 is 1.60 bits per heavy atom. The lowest BCUT2D eigenvalue weighted by Gasteiger charge is -2.48. The Morgan fingerprint density at radius 3 is 2.00 bits per heavy atom. The summed E-state index contributed by atoms with van der Waals surface area (Å²) >= 11 is 0. The van der Waals surface area contributed by atoms with Gasteiger partial charge in [0.1, 0.15) is 11.6 Å². The Hall–Kier alpha value is -1.06. The molecule has 0 aromatic carbocycles. The van der Waals surface area contributed by atoms with Crippen LogP contribution in [0.1, 0.15) is 61.8 Å². The molecule has 0 bridgehead atoms. The molecule has 20 heavy (non-hydrogen) atoms. The highest BCUT2D eigenvalue weighted by Crippen LogP contribution is 2.32. The highest BCUT2D eigenvalue weighted by molar-refractivity contribution is 5.99. The molecule has 0 saturated carbocycles. The lowest BCUT2D eigenvalue weighted by atomic mass is 9.80. The van der Waals surface area contributed by atoms with Crippen LogP contribution in [0.25, 0.3) is 0 Å². The summed E-state index contributed by atoms with van der Waals surface area (Å²) in [6.45, 7) is 16.6. The van der Waals surface area contributed by atoms with Crippen molar-refractivity contribution in [2.24, 2.45) is 10.8 Å². The predicted octanol–water partition coefficient (Wildman–Crippen LogP) is 2.57. The average Bonchev–Trinajstić information content (AvgIpc) is 2.17. The molecular weight excluding hydrogens is 252 g/mol. The molecule has 1 N–H and O–H groups in total.